The van der Waals surface area contributed by atoms with E-state index in [-0.39, 0.29) is 10.6 Å². The molecular weight excluding hydrogens is 238 g/mol. The van der Waals surface area contributed by atoms with Gasteiger partial charge in [0.25, 0.3) is 5.56 Å². The zero-order valence-corrected chi connectivity index (χ0v) is 10.2. The number of anilines is 1. The van der Waals surface area contributed by atoms with Crippen LogP contribution >= 0.6 is 11.6 Å². The third-order valence-corrected chi connectivity index (χ3v) is 2.47. The monoisotopic (exact) mass is 251 g/mol. The molecular formula is C12H14ClN3O. The number of aromatic nitrogens is 2. The van der Waals surface area contributed by atoms with Gasteiger partial charge in [-0.3, -0.25) is 4.79 Å². The predicted molar refractivity (Wildman–Crippen MR) is 70.3 cm³/mol. The molecule has 1 heterocycles. The topological polar surface area (TPSA) is 46.9 Å². The largest absolute Gasteiger partial charge is 0.382 e. The first kappa shape index (κ1) is 13.3. The van der Waals surface area contributed by atoms with Crippen molar-refractivity contribution in [3.8, 4) is 12.3 Å². The molecule has 0 atom stereocenters. The van der Waals surface area contributed by atoms with Crippen LogP contribution in [0.3, 0.4) is 0 Å². The first-order valence-corrected chi connectivity index (χ1v) is 5.62. The third kappa shape index (κ3) is 3.65. The molecule has 1 N–H and O–H groups in total. The normalized spacial score (nSPS) is 9.65. The number of hydrogen-bond donors (Lipinski definition) is 1. The number of nitrogens with one attached hydrogen (secondary N) is 1. The van der Waals surface area contributed by atoms with E-state index < -0.39 is 0 Å². The molecule has 4 nitrogen and oxygen atoms in total. The third-order valence-electron chi connectivity index (χ3n) is 2.10. The standard InChI is InChI=1S/C12H14ClN3O/c1-3-5-6-7-14-10-9-15-16(8-4-2)12(17)11(10)13/h1,4,9,14H,2,5-8H2. The zero-order valence-electron chi connectivity index (χ0n) is 9.45. The van der Waals surface area contributed by atoms with Gasteiger partial charge in [0, 0.05) is 13.0 Å². The Hall–Kier alpha value is -1.73. The second-order valence-electron chi connectivity index (χ2n) is 3.38. The van der Waals surface area contributed by atoms with E-state index in [1.54, 1.807) is 6.08 Å². The molecule has 0 aliphatic heterocycles. The lowest BCUT2D eigenvalue weighted by Gasteiger charge is -2.08. The van der Waals surface area contributed by atoms with E-state index in [0.717, 1.165) is 6.42 Å². The van der Waals surface area contributed by atoms with E-state index in [1.807, 2.05) is 0 Å². The average molecular weight is 252 g/mol. The Morgan fingerprint density at radius 2 is 2.47 bits per heavy atom. The SMILES string of the molecule is C#CCCCNc1cnn(CC=C)c(=O)c1Cl. The van der Waals surface area contributed by atoms with Gasteiger partial charge in [-0.05, 0) is 6.42 Å². The fourth-order valence-corrected chi connectivity index (χ4v) is 1.47. The highest BCUT2D eigenvalue weighted by atomic mass is 35.5. The molecule has 0 unspecified atom stereocenters. The second-order valence-corrected chi connectivity index (χ2v) is 3.76. The summed E-state index contributed by atoms with van der Waals surface area (Å²) < 4.78 is 1.25. The van der Waals surface area contributed by atoms with Gasteiger partial charge in [-0.15, -0.1) is 18.9 Å². The highest BCUT2D eigenvalue weighted by Gasteiger charge is 2.07. The number of terminal acetylenes is 1. The highest BCUT2D eigenvalue weighted by molar-refractivity contribution is 6.32. The number of halogens is 1. The van der Waals surface area contributed by atoms with Gasteiger partial charge in [0.05, 0.1) is 18.4 Å². The smallest absolute Gasteiger partial charge is 0.287 e. The lowest BCUT2D eigenvalue weighted by atomic mass is 10.3. The van der Waals surface area contributed by atoms with Crippen molar-refractivity contribution in [3.05, 3.63) is 34.2 Å². The molecule has 0 saturated heterocycles. The Balaban J connectivity index is 2.75. The molecule has 5 heteroatoms. The number of hydrogen-bond acceptors (Lipinski definition) is 3. The molecule has 0 bridgehead atoms. The summed E-state index contributed by atoms with van der Waals surface area (Å²) in [5.41, 5.74) is 0.211. The molecule has 0 aliphatic rings. The summed E-state index contributed by atoms with van der Waals surface area (Å²) in [5, 5.41) is 7.14. The van der Waals surface area contributed by atoms with Crippen LogP contribution in [0.5, 0.6) is 0 Å². The van der Waals surface area contributed by atoms with E-state index in [1.165, 1.54) is 10.9 Å². The maximum absolute atomic E-state index is 11.7. The Labute approximate surface area is 105 Å². The van der Waals surface area contributed by atoms with Crippen LogP contribution in [0.4, 0.5) is 5.69 Å². The van der Waals surface area contributed by atoms with E-state index in [9.17, 15) is 4.79 Å². The number of allylic oxidation sites excluding steroid dienone is 1. The number of rotatable bonds is 6. The van der Waals surface area contributed by atoms with Crippen LogP contribution in [0.2, 0.25) is 5.02 Å². The molecule has 90 valence electrons. The molecule has 0 amide bonds. The summed E-state index contributed by atoms with van der Waals surface area (Å²) in [6.45, 7) is 4.55. The Bertz CT molecular complexity index is 488. The van der Waals surface area contributed by atoms with Gasteiger partial charge in [0.15, 0.2) is 0 Å². The summed E-state index contributed by atoms with van der Waals surface area (Å²) >= 11 is 5.94. The number of nitrogens with zero attached hydrogens (tertiary/aromatic N) is 2. The van der Waals surface area contributed by atoms with Crippen LogP contribution in [0.25, 0.3) is 0 Å². The fraction of sp³-hybridized carbons (Fsp3) is 0.333. The van der Waals surface area contributed by atoms with Crippen molar-refractivity contribution in [1.29, 1.82) is 0 Å². The molecule has 0 spiro atoms. The average Bonchev–Trinajstić information content (AvgIpc) is 2.33. The van der Waals surface area contributed by atoms with E-state index >= 15 is 0 Å². The zero-order chi connectivity index (χ0) is 12.7. The lowest BCUT2D eigenvalue weighted by molar-refractivity contribution is 0.652. The summed E-state index contributed by atoms with van der Waals surface area (Å²) in [6, 6.07) is 0. The van der Waals surface area contributed by atoms with Gasteiger partial charge in [-0.25, -0.2) is 4.68 Å². The minimum atomic E-state index is -0.325. The van der Waals surface area contributed by atoms with Crippen LogP contribution in [-0.4, -0.2) is 16.3 Å². The van der Waals surface area contributed by atoms with Gasteiger partial charge in [0.2, 0.25) is 0 Å². The summed E-state index contributed by atoms with van der Waals surface area (Å²) in [6.07, 6.45) is 9.76. The maximum Gasteiger partial charge on any atom is 0.287 e. The fourth-order valence-electron chi connectivity index (χ4n) is 1.25. The maximum atomic E-state index is 11.7. The predicted octanol–water partition coefficient (Wildman–Crippen LogP) is 1.91. The van der Waals surface area contributed by atoms with Crippen LogP contribution in [0.15, 0.2) is 23.6 Å². The number of unbranched alkanes of at least 4 members (excludes halogenated alkanes) is 1. The summed E-state index contributed by atoms with van der Waals surface area (Å²) in [4.78, 5) is 11.7. The van der Waals surface area contributed by atoms with Gasteiger partial charge in [-0.2, -0.15) is 5.10 Å². The van der Waals surface area contributed by atoms with Crippen LogP contribution in [-0.2, 0) is 6.54 Å². The van der Waals surface area contributed by atoms with Crippen molar-refractivity contribution in [2.45, 2.75) is 19.4 Å². The minimum absolute atomic E-state index is 0.141. The molecule has 0 saturated carbocycles. The van der Waals surface area contributed by atoms with E-state index in [4.69, 9.17) is 18.0 Å². The second kappa shape index (κ2) is 6.77. The molecule has 17 heavy (non-hydrogen) atoms. The minimum Gasteiger partial charge on any atom is -0.382 e. The van der Waals surface area contributed by atoms with Crippen molar-refractivity contribution in [3.63, 3.8) is 0 Å². The first-order chi connectivity index (χ1) is 8.20. The first-order valence-electron chi connectivity index (χ1n) is 5.24. The van der Waals surface area contributed by atoms with Crippen LogP contribution in [0, 0.1) is 12.3 Å². The molecule has 0 aliphatic carbocycles. The molecule has 1 aromatic heterocycles. The summed E-state index contributed by atoms with van der Waals surface area (Å²) in [7, 11) is 0. The molecule has 0 aromatic carbocycles. The van der Waals surface area contributed by atoms with Gasteiger partial charge in [-0.1, -0.05) is 17.7 Å². The Morgan fingerprint density at radius 3 is 3.12 bits per heavy atom. The van der Waals surface area contributed by atoms with Gasteiger partial charge >= 0.3 is 0 Å². The van der Waals surface area contributed by atoms with Crippen LogP contribution < -0.4 is 10.9 Å². The van der Waals surface area contributed by atoms with Crippen molar-refractivity contribution >= 4 is 17.3 Å². The molecule has 1 aromatic rings. The summed E-state index contributed by atoms with van der Waals surface area (Å²) in [5.74, 6) is 2.54. The van der Waals surface area contributed by atoms with Crippen LogP contribution in [0.1, 0.15) is 12.8 Å². The lowest BCUT2D eigenvalue weighted by Crippen LogP contribution is -2.23. The highest BCUT2D eigenvalue weighted by Crippen LogP contribution is 2.14. The van der Waals surface area contributed by atoms with Crippen molar-refractivity contribution < 1.29 is 0 Å². The molecule has 0 fully saturated rings. The van der Waals surface area contributed by atoms with Gasteiger partial charge in [0.1, 0.15) is 5.02 Å². The molecule has 0 radical (unpaired) electrons. The van der Waals surface area contributed by atoms with Crippen molar-refractivity contribution in [1.82, 2.24) is 9.78 Å². The Morgan fingerprint density at radius 1 is 1.71 bits per heavy atom. The van der Waals surface area contributed by atoms with E-state index in [0.29, 0.717) is 25.2 Å². The quantitative estimate of drug-likeness (QED) is 0.477. The van der Waals surface area contributed by atoms with Crippen molar-refractivity contribution in [2.75, 3.05) is 11.9 Å². The van der Waals surface area contributed by atoms with E-state index in [2.05, 4.69) is 22.9 Å². The van der Waals surface area contributed by atoms with Gasteiger partial charge < -0.3 is 5.32 Å². The van der Waals surface area contributed by atoms with Crippen molar-refractivity contribution in [2.24, 2.45) is 0 Å². The Kier molecular flexibility index (Phi) is 5.31. The molecule has 1 rings (SSSR count).